The van der Waals surface area contributed by atoms with Crippen molar-refractivity contribution in [1.29, 1.82) is 0 Å². The van der Waals surface area contributed by atoms with E-state index in [0.717, 1.165) is 62.2 Å². The van der Waals surface area contributed by atoms with Crippen LogP contribution in [0.2, 0.25) is 0 Å². The Morgan fingerprint density at radius 3 is 2.62 bits per heavy atom. The molecule has 5 rings (SSSR count). The standard InChI is InChI=1S/C26H30N6O2/c1-19-9-11-21(12-10-19)25-28-24(34-29-25)8-5-13-30-14-16-31(17-15-30)26(33)20(2)32-18-27-22-6-3-4-7-23(22)32/h3-4,6-7,9-12,18,20H,5,8,13-17H2,1-2H3. The van der Waals surface area contributed by atoms with Crippen molar-refractivity contribution in [1.82, 2.24) is 29.5 Å². The van der Waals surface area contributed by atoms with E-state index in [1.807, 2.05) is 64.9 Å². The number of hydrogen-bond donors (Lipinski definition) is 0. The molecule has 2 aromatic heterocycles. The number of hydrogen-bond acceptors (Lipinski definition) is 6. The number of benzene rings is 2. The Morgan fingerprint density at radius 2 is 1.82 bits per heavy atom. The van der Waals surface area contributed by atoms with Crippen molar-refractivity contribution in [3.63, 3.8) is 0 Å². The fourth-order valence-electron chi connectivity index (χ4n) is 4.49. The van der Waals surface area contributed by atoms with E-state index in [2.05, 4.69) is 26.9 Å². The normalized spacial score (nSPS) is 15.6. The van der Waals surface area contributed by atoms with Crippen LogP contribution in [0, 0.1) is 6.92 Å². The highest BCUT2D eigenvalue weighted by Crippen LogP contribution is 2.20. The largest absolute Gasteiger partial charge is 0.339 e. The topological polar surface area (TPSA) is 80.3 Å². The van der Waals surface area contributed by atoms with Gasteiger partial charge in [0.2, 0.25) is 17.6 Å². The molecule has 0 radical (unpaired) electrons. The van der Waals surface area contributed by atoms with Crippen LogP contribution in [-0.2, 0) is 11.2 Å². The molecule has 1 aliphatic rings. The molecule has 0 aliphatic carbocycles. The molecule has 0 N–H and O–H groups in total. The second-order valence-electron chi connectivity index (χ2n) is 8.96. The van der Waals surface area contributed by atoms with Crippen LogP contribution in [0.15, 0.2) is 59.4 Å². The second kappa shape index (κ2) is 9.77. The van der Waals surface area contributed by atoms with Crippen molar-refractivity contribution in [3.8, 4) is 11.4 Å². The van der Waals surface area contributed by atoms with Gasteiger partial charge in [-0.3, -0.25) is 9.69 Å². The lowest BCUT2D eigenvalue weighted by Crippen LogP contribution is -2.50. The lowest BCUT2D eigenvalue weighted by molar-refractivity contribution is -0.136. The summed E-state index contributed by atoms with van der Waals surface area (Å²) >= 11 is 0. The monoisotopic (exact) mass is 458 g/mol. The number of aromatic nitrogens is 4. The van der Waals surface area contributed by atoms with Crippen molar-refractivity contribution in [2.24, 2.45) is 0 Å². The number of amides is 1. The minimum atomic E-state index is -0.265. The third-order valence-electron chi connectivity index (χ3n) is 6.58. The van der Waals surface area contributed by atoms with Crippen molar-refractivity contribution in [2.45, 2.75) is 32.7 Å². The first-order chi connectivity index (χ1) is 16.6. The van der Waals surface area contributed by atoms with Crippen LogP contribution in [-0.4, -0.2) is 68.1 Å². The maximum absolute atomic E-state index is 13.1. The average molecular weight is 459 g/mol. The molecule has 34 heavy (non-hydrogen) atoms. The molecule has 3 heterocycles. The summed E-state index contributed by atoms with van der Waals surface area (Å²) in [6, 6.07) is 15.8. The molecule has 1 unspecified atom stereocenters. The van der Waals surface area contributed by atoms with Crippen LogP contribution < -0.4 is 0 Å². The quantitative estimate of drug-likeness (QED) is 0.420. The Morgan fingerprint density at radius 1 is 1.06 bits per heavy atom. The molecule has 1 aliphatic heterocycles. The SMILES string of the molecule is Cc1ccc(-c2noc(CCCN3CCN(C(=O)C(C)n4cnc5ccccc54)CC3)n2)cc1. The first-order valence-electron chi connectivity index (χ1n) is 11.9. The number of imidazole rings is 1. The molecule has 0 spiro atoms. The van der Waals surface area contributed by atoms with Gasteiger partial charge in [0.1, 0.15) is 6.04 Å². The lowest BCUT2D eigenvalue weighted by Gasteiger charge is -2.36. The third kappa shape index (κ3) is 4.72. The number of aryl methyl sites for hydroxylation is 2. The maximum atomic E-state index is 13.1. The van der Waals surface area contributed by atoms with Crippen molar-refractivity contribution in [2.75, 3.05) is 32.7 Å². The zero-order chi connectivity index (χ0) is 23.5. The van der Waals surface area contributed by atoms with Crippen LogP contribution in [0.1, 0.15) is 30.8 Å². The molecule has 1 fully saturated rings. The van der Waals surface area contributed by atoms with E-state index in [1.54, 1.807) is 6.33 Å². The molecular weight excluding hydrogens is 428 g/mol. The molecular formula is C26H30N6O2. The zero-order valence-corrected chi connectivity index (χ0v) is 19.7. The van der Waals surface area contributed by atoms with E-state index in [9.17, 15) is 4.79 Å². The van der Waals surface area contributed by atoms with Gasteiger partial charge in [-0.15, -0.1) is 0 Å². The number of piperazine rings is 1. The minimum absolute atomic E-state index is 0.150. The van der Waals surface area contributed by atoms with E-state index in [0.29, 0.717) is 11.7 Å². The third-order valence-corrected chi connectivity index (χ3v) is 6.58. The second-order valence-corrected chi connectivity index (χ2v) is 8.96. The Kier molecular flexibility index (Phi) is 6.40. The zero-order valence-electron chi connectivity index (χ0n) is 19.7. The molecule has 4 aromatic rings. The molecule has 2 aromatic carbocycles. The van der Waals surface area contributed by atoms with Crippen LogP contribution >= 0.6 is 0 Å². The van der Waals surface area contributed by atoms with E-state index < -0.39 is 0 Å². The van der Waals surface area contributed by atoms with Crippen LogP contribution in [0.5, 0.6) is 0 Å². The number of para-hydroxylation sites is 2. The fraction of sp³-hybridized carbons (Fsp3) is 0.385. The van der Waals surface area contributed by atoms with Crippen molar-refractivity contribution >= 4 is 16.9 Å². The molecule has 8 nitrogen and oxygen atoms in total. The van der Waals surface area contributed by atoms with Gasteiger partial charge in [0.05, 0.1) is 17.4 Å². The van der Waals surface area contributed by atoms with Gasteiger partial charge >= 0.3 is 0 Å². The summed E-state index contributed by atoms with van der Waals surface area (Å²) in [6.07, 6.45) is 3.47. The number of carbonyl (C=O) groups excluding carboxylic acids is 1. The Bertz CT molecular complexity index is 1250. The van der Waals surface area contributed by atoms with Gasteiger partial charge in [0.25, 0.3) is 0 Å². The highest BCUT2D eigenvalue weighted by atomic mass is 16.5. The fourth-order valence-corrected chi connectivity index (χ4v) is 4.49. The van der Waals surface area contributed by atoms with Gasteiger partial charge in [-0.05, 0) is 38.9 Å². The highest BCUT2D eigenvalue weighted by molar-refractivity contribution is 5.83. The molecule has 8 heteroatoms. The number of nitrogens with zero attached hydrogens (tertiary/aromatic N) is 6. The molecule has 0 saturated carbocycles. The van der Waals surface area contributed by atoms with Gasteiger partial charge < -0.3 is 14.0 Å². The van der Waals surface area contributed by atoms with E-state index in [1.165, 1.54) is 5.56 Å². The summed E-state index contributed by atoms with van der Waals surface area (Å²) in [5.74, 6) is 1.46. The molecule has 176 valence electrons. The van der Waals surface area contributed by atoms with Gasteiger partial charge in [-0.2, -0.15) is 4.98 Å². The van der Waals surface area contributed by atoms with Crippen LogP contribution in [0.25, 0.3) is 22.4 Å². The van der Waals surface area contributed by atoms with Crippen molar-refractivity contribution in [3.05, 3.63) is 66.3 Å². The summed E-state index contributed by atoms with van der Waals surface area (Å²) in [5.41, 5.74) is 4.09. The number of carbonyl (C=O) groups is 1. The summed E-state index contributed by atoms with van der Waals surface area (Å²) in [5, 5.41) is 4.12. The predicted molar refractivity (Wildman–Crippen MR) is 130 cm³/mol. The number of fused-ring (bicyclic) bond motifs is 1. The van der Waals surface area contributed by atoms with Gasteiger partial charge in [-0.1, -0.05) is 47.1 Å². The molecule has 0 bridgehead atoms. The highest BCUT2D eigenvalue weighted by Gasteiger charge is 2.26. The average Bonchev–Trinajstić information content (AvgIpc) is 3.52. The summed E-state index contributed by atoms with van der Waals surface area (Å²) in [6.45, 7) is 8.21. The maximum Gasteiger partial charge on any atom is 0.245 e. The van der Waals surface area contributed by atoms with Gasteiger partial charge in [0.15, 0.2) is 0 Å². The van der Waals surface area contributed by atoms with Crippen molar-refractivity contribution < 1.29 is 9.32 Å². The Balaban J connectivity index is 1.08. The summed E-state index contributed by atoms with van der Waals surface area (Å²) < 4.78 is 7.41. The van der Waals surface area contributed by atoms with Gasteiger partial charge in [0, 0.05) is 38.2 Å². The summed E-state index contributed by atoms with van der Waals surface area (Å²) in [7, 11) is 0. The minimum Gasteiger partial charge on any atom is -0.339 e. The summed E-state index contributed by atoms with van der Waals surface area (Å²) in [4.78, 5) is 26.5. The molecule has 1 amide bonds. The van der Waals surface area contributed by atoms with E-state index in [-0.39, 0.29) is 11.9 Å². The first kappa shape index (κ1) is 22.3. The van der Waals surface area contributed by atoms with E-state index in [4.69, 9.17) is 4.52 Å². The predicted octanol–water partition coefficient (Wildman–Crippen LogP) is 3.73. The van der Waals surface area contributed by atoms with E-state index >= 15 is 0 Å². The first-order valence-corrected chi connectivity index (χ1v) is 11.9. The smallest absolute Gasteiger partial charge is 0.245 e. The van der Waals surface area contributed by atoms with Gasteiger partial charge in [-0.25, -0.2) is 4.98 Å². The molecule has 1 saturated heterocycles. The molecule has 1 atom stereocenters. The number of rotatable bonds is 7. The Labute approximate surface area is 199 Å². The van der Waals surface area contributed by atoms with Crippen LogP contribution in [0.4, 0.5) is 0 Å². The lowest BCUT2D eigenvalue weighted by atomic mass is 10.1. The Hall–Kier alpha value is -3.52. The van der Waals surface area contributed by atoms with Crippen LogP contribution in [0.3, 0.4) is 0 Å².